The zero-order valence-corrected chi connectivity index (χ0v) is 13.8. The van der Waals surface area contributed by atoms with Crippen LogP contribution in [0.25, 0.3) is 0 Å². The highest BCUT2D eigenvalue weighted by atomic mass is 16.2. The minimum atomic E-state index is 0.217. The molecule has 0 heterocycles. The Bertz CT molecular complexity index is 429. The van der Waals surface area contributed by atoms with E-state index in [1.54, 1.807) is 0 Å². The predicted molar refractivity (Wildman–Crippen MR) is 89.9 cm³/mol. The third-order valence-electron chi connectivity index (χ3n) is 3.74. The lowest BCUT2D eigenvalue weighted by Gasteiger charge is -2.27. The van der Waals surface area contributed by atoms with E-state index < -0.39 is 0 Å². The van der Waals surface area contributed by atoms with Gasteiger partial charge in [0, 0.05) is 24.7 Å². The van der Waals surface area contributed by atoms with E-state index in [1.807, 2.05) is 29.2 Å². The highest BCUT2D eigenvalue weighted by Gasteiger charge is 2.16. The highest BCUT2D eigenvalue weighted by Crippen LogP contribution is 2.14. The number of nitrogens with zero attached hydrogens (tertiary/aromatic N) is 1. The molecule has 118 valence electrons. The number of hydrogen-bond donors (Lipinski definition) is 1. The molecule has 0 spiro atoms. The first-order valence-electron chi connectivity index (χ1n) is 8.18. The number of unbranched alkanes of at least 4 members (excludes halogenated alkanes) is 4. The van der Waals surface area contributed by atoms with Gasteiger partial charge in [-0.05, 0) is 38.0 Å². The lowest BCUT2D eigenvalue weighted by molar-refractivity contribution is -0.133. The Kier molecular flexibility index (Phi) is 7.88. The molecular formula is C18H30N2O. The molecule has 1 aromatic rings. The van der Waals surface area contributed by atoms with Gasteiger partial charge < -0.3 is 10.6 Å². The van der Waals surface area contributed by atoms with Crippen LogP contribution in [0.1, 0.15) is 64.9 Å². The van der Waals surface area contributed by atoms with Gasteiger partial charge in [-0.15, -0.1) is 0 Å². The van der Waals surface area contributed by atoms with E-state index in [-0.39, 0.29) is 11.9 Å². The average Bonchev–Trinajstić information content (AvgIpc) is 2.44. The molecule has 0 unspecified atom stereocenters. The van der Waals surface area contributed by atoms with Gasteiger partial charge in [-0.2, -0.15) is 0 Å². The fourth-order valence-corrected chi connectivity index (χ4v) is 2.47. The molecule has 0 atom stereocenters. The molecule has 0 aliphatic heterocycles. The van der Waals surface area contributed by atoms with Crippen molar-refractivity contribution in [3.8, 4) is 0 Å². The summed E-state index contributed by atoms with van der Waals surface area (Å²) in [6.45, 7) is 7.00. The molecule has 0 saturated heterocycles. The van der Waals surface area contributed by atoms with Crippen molar-refractivity contribution in [2.45, 2.75) is 71.9 Å². The van der Waals surface area contributed by atoms with Gasteiger partial charge in [-0.3, -0.25) is 4.79 Å². The van der Waals surface area contributed by atoms with Gasteiger partial charge in [0.15, 0.2) is 0 Å². The molecule has 2 N–H and O–H groups in total. The Labute approximate surface area is 129 Å². The second kappa shape index (κ2) is 9.43. The first kappa shape index (κ1) is 17.5. The number of carbonyl (C=O) groups is 1. The van der Waals surface area contributed by atoms with Crippen molar-refractivity contribution in [1.82, 2.24) is 4.90 Å². The Balaban J connectivity index is 2.50. The van der Waals surface area contributed by atoms with E-state index in [0.717, 1.165) is 24.1 Å². The zero-order valence-electron chi connectivity index (χ0n) is 13.8. The molecule has 0 radical (unpaired) electrons. The molecule has 3 heteroatoms. The van der Waals surface area contributed by atoms with Crippen LogP contribution in [-0.4, -0.2) is 16.8 Å². The first-order chi connectivity index (χ1) is 10.0. The molecule has 1 amide bonds. The molecule has 0 saturated carbocycles. The van der Waals surface area contributed by atoms with Crippen LogP contribution in [0.2, 0.25) is 0 Å². The van der Waals surface area contributed by atoms with Crippen molar-refractivity contribution in [2.75, 3.05) is 5.73 Å². The van der Waals surface area contributed by atoms with E-state index in [2.05, 4.69) is 20.8 Å². The third-order valence-corrected chi connectivity index (χ3v) is 3.74. The molecule has 0 aromatic heterocycles. The number of nitrogen functional groups attached to an aromatic ring is 1. The maximum atomic E-state index is 12.4. The van der Waals surface area contributed by atoms with Gasteiger partial charge in [-0.25, -0.2) is 0 Å². The minimum absolute atomic E-state index is 0.217. The number of nitrogens with two attached hydrogens (primary N) is 1. The molecule has 1 rings (SSSR count). The van der Waals surface area contributed by atoms with E-state index in [0.29, 0.717) is 13.0 Å². The van der Waals surface area contributed by atoms with Crippen molar-refractivity contribution in [2.24, 2.45) is 0 Å². The summed E-state index contributed by atoms with van der Waals surface area (Å²) in [6.07, 6.45) is 6.56. The van der Waals surface area contributed by atoms with Crippen molar-refractivity contribution in [3.63, 3.8) is 0 Å². The van der Waals surface area contributed by atoms with Gasteiger partial charge in [-0.1, -0.05) is 44.7 Å². The topological polar surface area (TPSA) is 46.3 Å². The molecule has 0 fully saturated rings. The second-order valence-electron chi connectivity index (χ2n) is 6.02. The maximum absolute atomic E-state index is 12.4. The van der Waals surface area contributed by atoms with Crippen molar-refractivity contribution in [1.29, 1.82) is 0 Å². The number of amides is 1. The van der Waals surface area contributed by atoms with Gasteiger partial charge in [0.25, 0.3) is 0 Å². The lowest BCUT2D eigenvalue weighted by Crippen LogP contribution is -2.36. The van der Waals surface area contributed by atoms with Gasteiger partial charge in [0.05, 0.1) is 0 Å². The summed E-state index contributed by atoms with van der Waals surface area (Å²) in [6, 6.07) is 8.01. The standard InChI is InChI=1S/C18H30N2O/c1-4-5-6-7-8-12-18(21)20(15(2)3)14-16-10-9-11-17(19)13-16/h9-11,13,15H,4-8,12,14,19H2,1-3H3. The van der Waals surface area contributed by atoms with Crippen LogP contribution in [0.15, 0.2) is 24.3 Å². The number of hydrogen-bond acceptors (Lipinski definition) is 2. The molecule has 1 aromatic carbocycles. The van der Waals surface area contributed by atoms with Crippen molar-refractivity contribution in [3.05, 3.63) is 29.8 Å². The zero-order chi connectivity index (χ0) is 15.7. The summed E-state index contributed by atoms with van der Waals surface area (Å²) in [5.74, 6) is 0.254. The average molecular weight is 290 g/mol. The summed E-state index contributed by atoms with van der Waals surface area (Å²) < 4.78 is 0. The van der Waals surface area contributed by atoms with Crippen LogP contribution in [0.3, 0.4) is 0 Å². The summed E-state index contributed by atoms with van der Waals surface area (Å²) in [7, 11) is 0. The van der Waals surface area contributed by atoms with E-state index in [9.17, 15) is 4.79 Å². The number of benzene rings is 1. The van der Waals surface area contributed by atoms with Crippen molar-refractivity contribution >= 4 is 11.6 Å². The first-order valence-corrected chi connectivity index (χ1v) is 8.18. The summed E-state index contributed by atoms with van der Waals surface area (Å²) in [4.78, 5) is 14.4. The Hall–Kier alpha value is -1.51. The summed E-state index contributed by atoms with van der Waals surface area (Å²) >= 11 is 0. The number of anilines is 1. The van der Waals surface area contributed by atoms with Crippen LogP contribution >= 0.6 is 0 Å². The smallest absolute Gasteiger partial charge is 0.223 e. The van der Waals surface area contributed by atoms with E-state index in [4.69, 9.17) is 5.73 Å². The minimum Gasteiger partial charge on any atom is -0.399 e. The highest BCUT2D eigenvalue weighted by molar-refractivity contribution is 5.76. The van der Waals surface area contributed by atoms with Crippen LogP contribution < -0.4 is 5.73 Å². The van der Waals surface area contributed by atoms with Crippen LogP contribution in [0.4, 0.5) is 5.69 Å². The number of carbonyl (C=O) groups excluding carboxylic acids is 1. The van der Waals surface area contributed by atoms with E-state index >= 15 is 0 Å². The monoisotopic (exact) mass is 290 g/mol. The lowest BCUT2D eigenvalue weighted by atomic mass is 10.1. The van der Waals surface area contributed by atoms with E-state index in [1.165, 1.54) is 19.3 Å². The van der Waals surface area contributed by atoms with Gasteiger partial charge >= 0.3 is 0 Å². The summed E-state index contributed by atoms with van der Waals surface area (Å²) in [5, 5.41) is 0. The van der Waals surface area contributed by atoms with Gasteiger partial charge in [0.2, 0.25) is 5.91 Å². The quantitative estimate of drug-likeness (QED) is 0.542. The van der Waals surface area contributed by atoms with Crippen LogP contribution in [-0.2, 0) is 11.3 Å². The molecule has 3 nitrogen and oxygen atoms in total. The molecule has 0 bridgehead atoms. The van der Waals surface area contributed by atoms with Gasteiger partial charge in [0.1, 0.15) is 0 Å². The largest absolute Gasteiger partial charge is 0.399 e. The molecular weight excluding hydrogens is 260 g/mol. The Morgan fingerprint density at radius 3 is 2.52 bits per heavy atom. The molecule has 21 heavy (non-hydrogen) atoms. The second-order valence-corrected chi connectivity index (χ2v) is 6.02. The van der Waals surface area contributed by atoms with Crippen molar-refractivity contribution < 1.29 is 4.79 Å². The fourth-order valence-electron chi connectivity index (χ4n) is 2.47. The molecule has 0 aliphatic carbocycles. The summed E-state index contributed by atoms with van der Waals surface area (Å²) in [5.41, 5.74) is 7.66. The van der Waals surface area contributed by atoms with Crippen LogP contribution in [0, 0.1) is 0 Å². The Morgan fingerprint density at radius 1 is 1.19 bits per heavy atom. The SMILES string of the molecule is CCCCCCCC(=O)N(Cc1cccc(N)c1)C(C)C. The number of rotatable bonds is 9. The fraction of sp³-hybridized carbons (Fsp3) is 0.611. The van der Waals surface area contributed by atoms with Crippen LogP contribution in [0.5, 0.6) is 0 Å². The molecule has 0 aliphatic rings. The maximum Gasteiger partial charge on any atom is 0.223 e. The Morgan fingerprint density at radius 2 is 1.90 bits per heavy atom. The third kappa shape index (κ3) is 6.65. The predicted octanol–water partition coefficient (Wildman–Crippen LogP) is 4.37. The normalized spacial score (nSPS) is 10.9.